The van der Waals surface area contributed by atoms with Crippen LogP contribution in [0.15, 0.2) is 23.3 Å². The second-order valence-corrected chi connectivity index (χ2v) is 3.66. The zero-order valence-corrected chi connectivity index (χ0v) is 9.63. The first kappa shape index (κ1) is 12.4. The van der Waals surface area contributed by atoms with Crippen LogP contribution >= 0.6 is 23.2 Å². The van der Waals surface area contributed by atoms with Gasteiger partial charge in [0.1, 0.15) is 0 Å². The molecular formula is C9H9Cl2N5. The summed E-state index contributed by atoms with van der Waals surface area (Å²) in [5, 5.41) is 13.2. The minimum absolute atomic E-state index is 0.168. The van der Waals surface area contributed by atoms with Crippen LogP contribution in [0.3, 0.4) is 0 Å². The molecule has 0 amide bonds. The van der Waals surface area contributed by atoms with Gasteiger partial charge in [-0.05, 0) is 6.07 Å². The number of nitriles is 1. The molecule has 1 atom stereocenters. The predicted octanol–water partition coefficient (Wildman–Crippen LogP) is 1.34. The molecule has 0 saturated carbocycles. The maximum atomic E-state index is 8.94. The molecule has 7 heteroatoms. The summed E-state index contributed by atoms with van der Waals surface area (Å²) < 4.78 is 0. The first-order valence-electron chi connectivity index (χ1n) is 4.24. The van der Waals surface area contributed by atoms with Crippen LogP contribution in [0.2, 0.25) is 10.0 Å². The van der Waals surface area contributed by atoms with E-state index >= 15 is 0 Å². The molecule has 0 spiro atoms. The Morgan fingerprint density at radius 3 is 2.69 bits per heavy atom. The summed E-state index contributed by atoms with van der Waals surface area (Å²) in [4.78, 5) is 0. The van der Waals surface area contributed by atoms with Crippen molar-refractivity contribution in [1.82, 2.24) is 5.43 Å². The van der Waals surface area contributed by atoms with E-state index in [0.717, 1.165) is 0 Å². The molecule has 1 aromatic carbocycles. The lowest BCUT2D eigenvalue weighted by atomic mass is 10.1. The van der Waals surface area contributed by atoms with Crippen molar-refractivity contribution < 1.29 is 0 Å². The normalized spacial score (nSPS) is 11.3. The van der Waals surface area contributed by atoms with Crippen molar-refractivity contribution in [2.45, 2.75) is 6.04 Å². The minimum Gasteiger partial charge on any atom is -0.369 e. The van der Waals surface area contributed by atoms with Gasteiger partial charge in [0, 0.05) is 5.56 Å². The van der Waals surface area contributed by atoms with Crippen LogP contribution in [0.1, 0.15) is 11.6 Å². The van der Waals surface area contributed by atoms with Gasteiger partial charge in [-0.15, -0.1) is 5.10 Å². The van der Waals surface area contributed by atoms with Gasteiger partial charge in [0.05, 0.1) is 16.1 Å². The number of guanidine groups is 1. The lowest BCUT2D eigenvalue weighted by molar-refractivity contribution is 0.667. The lowest BCUT2D eigenvalue weighted by Crippen LogP contribution is -2.27. The molecule has 0 aromatic heterocycles. The van der Waals surface area contributed by atoms with Gasteiger partial charge in [0.25, 0.3) is 0 Å². The Morgan fingerprint density at radius 2 is 2.12 bits per heavy atom. The summed E-state index contributed by atoms with van der Waals surface area (Å²) in [5.41, 5.74) is 13.3. The Hall–Kier alpha value is -1.64. The Labute approximate surface area is 103 Å². The largest absolute Gasteiger partial charge is 0.369 e. The quantitative estimate of drug-likeness (QED) is 0.432. The summed E-state index contributed by atoms with van der Waals surface area (Å²) >= 11 is 11.8. The van der Waals surface area contributed by atoms with E-state index in [4.69, 9.17) is 39.9 Å². The van der Waals surface area contributed by atoms with Crippen LogP contribution in [0.25, 0.3) is 0 Å². The zero-order valence-electron chi connectivity index (χ0n) is 8.11. The topological polar surface area (TPSA) is 100 Å². The summed E-state index contributed by atoms with van der Waals surface area (Å²) in [6.07, 6.45) is 0. The Balaban J connectivity index is 3.01. The van der Waals surface area contributed by atoms with Gasteiger partial charge in [-0.25, -0.2) is 0 Å². The van der Waals surface area contributed by atoms with Crippen molar-refractivity contribution in [2.75, 3.05) is 0 Å². The summed E-state index contributed by atoms with van der Waals surface area (Å²) in [5.74, 6) is -0.168. The van der Waals surface area contributed by atoms with Crippen molar-refractivity contribution in [3.8, 4) is 6.07 Å². The molecule has 0 saturated heterocycles. The van der Waals surface area contributed by atoms with Crippen molar-refractivity contribution in [3.63, 3.8) is 0 Å². The third-order valence-electron chi connectivity index (χ3n) is 1.74. The van der Waals surface area contributed by atoms with Gasteiger partial charge in [0.2, 0.25) is 5.96 Å². The summed E-state index contributed by atoms with van der Waals surface area (Å²) in [6.45, 7) is 0. The van der Waals surface area contributed by atoms with Crippen LogP contribution in [0.5, 0.6) is 0 Å². The highest BCUT2D eigenvalue weighted by molar-refractivity contribution is 6.42. The molecule has 5 N–H and O–H groups in total. The molecule has 1 rings (SSSR count). The fourth-order valence-corrected chi connectivity index (χ4v) is 1.47. The number of benzene rings is 1. The first-order valence-corrected chi connectivity index (χ1v) is 4.99. The zero-order chi connectivity index (χ0) is 12.1. The molecule has 5 nitrogen and oxygen atoms in total. The van der Waals surface area contributed by atoms with E-state index in [9.17, 15) is 0 Å². The number of hydrogen-bond acceptors (Lipinski definition) is 3. The number of hydrazone groups is 1. The molecule has 0 aliphatic heterocycles. The van der Waals surface area contributed by atoms with Crippen LogP contribution in [-0.4, -0.2) is 5.96 Å². The van der Waals surface area contributed by atoms with E-state index in [1.807, 2.05) is 6.07 Å². The minimum atomic E-state index is -0.756. The van der Waals surface area contributed by atoms with Crippen molar-refractivity contribution in [2.24, 2.45) is 16.6 Å². The van der Waals surface area contributed by atoms with Crippen LogP contribution in [-0.2, 0) is 0 Å². The Bertz CT molecular complexity index is 448. The second kappa shape index (κ2) is 5.45. The molecule has 84 valence electrons. The highest BCUT2D eigenvalue weighted by atomic mass is 35.5. The summed E-state index contributed by atoms with van der Waals surface area (Å²) in [7, 11) is 0. The van der Waals surface area contributed by atoms with E-state index in [0.29, 0.717) is 15.6 Å². The maximum Gasteiger partial charge on any atom is 0.208 e. The molecule has 16 heavy (non-hydrogen) atoms. The number of hydrogen-bond donors (Lipinski definition) is 3. The Kier molecular flexibility index (Phi) is 4.23. The predicted molar refractivity (Wildman–Crippen MR) is 63.8 cm³/mol. The first-order chi connectivity index (χ1) is 7.56. The highest BCUT2D eigenvalue weighted by Crippen LogP contribution is 2.29. The average molecular weight is 258 g/mol. The van der Waals surface area contributed by atoms with Gasteiger partial charge in [0.15, 0.2) is 6.04 Å². The van der Waals surface area contributed by atoms with E-state index in [1.165, 1.54) is 0 Å². The van der Waals surface area contributed by atoms with E-state index in [-0.39, 0.29) is 5.96 Å². The lowest BCUT2D eigenvalue weighted by Gasteiger charge is -2.11. The monoisotopic (exact) mass is 257 g/mol. The average Bonchev–Trinajstić information content (AvgIpc) is 2.24. The molecule has 0 heterocycles. The Morgan fingerprint density at radius 1 is 1.44 bits per heavy atom. The van der Waals surface area contributed by atoms with E-state index < -0.39 is 6.04 Å². The molecule has 1 unspecified atom stereocenters. The van der Waals surface area contributed by atoms with E-state index in [1.54, 1.807) is 18.2 Å². The van der Waals surface area contributed by atoms with Gasteiger partial charge in [-0.3, -0.25) is 5.43 Å². The standard InChI is InChI=1S/C9H9Cl2N5/c10-6-3-1-2-5(8(6)11)7(4-12)15-16-9(13)14/h1-3,7,15H,(H4,13,14,16). The summed E-state index contributed by atoms with van der Waals surface area (Å²) in [6, 6.07) is 6.19. The highest BCUT2D eigenvalue weighted by Gasteiger charge is 2.14. The molecule has 1 aromatic rings. The van der Waals surface area contributed by atoms with Gasteiger partial charge in [-0.2, -0.15) is 5.26 Å². The molecule has 0 bridgehead atoms. The van der Waals surface area contributed by atoms with Crippen LogP contribution in [0.4, 0.5) is 0 Å². The van der Waals surface area contributed by atoms with Gasteiger partial charge >= 0.3 is 0 Å². The van der Waals surface area contributed by atoms with Crippen LogP contribution < -0.4 is 16.9 Å². The number of nitrogens with two attached hydrogens (primary N) is 2. The third-order valence-corrected chi connectivity index (χ3v) is 2.58. The van der Waals surface area contributed by atoms with Crippen molar-refractivity contribution in [3.05, 3.63) is 33.8 Å². The smallest absolute Gasteiger partial charge is 0.208 e. The van der Waals surface area contributed by atoms with Crippen molar-refractivity contribution >= 4 is 29.2 Å². The van der Waals surface area contributed by atoms with Crippen molar-refractivity contribution in [1.29, 1.82) is 5.26 Å². The molecule has 0 aliphatic rings. The molecule has 0 radical (unpaired) electrons. The number of nitrogens with zero attached hydrogens (tertiary/aromatic N) is 2. The van der Waals surface area contributed by atoms with Crippen LogP contribution in [0, 0.1) is 11.3 Å². The fourth-order valence-electron chi connectivity index (χ4n) is 1.05. The number of rotatable bonds is 3. The SMILES string of the molecule is N#CC(NN=C(N)N)c1cccc(Cl)c1Cl. The number of nitrogens with one attached hydrogen (secondary N) is 1. The van der Waals surface area contributed by atoms with E-state index in [2.05, 4.69) is 10.5 Å². The fraction of sp³-hybridized carbons (Fsp3) is 0.111. The third kappa shape index (κ3) is 2.92. The second-order valence-electron chi connectivity index (χ2n) is 2.87. The maximum absolute atomic E-state index is 8.94. The van der Waals surface area contributed by atoms with Gasteiger partial charge < -0.3 is 11.5 Å². The molecular weight excluding hydrogens is 249 g/mol. The molecule has 0 fully saturated rings. The molecule has 0 aliphatic carbocycles. The van der Waals surface area contributed by atoms with Gasteiger partial charge in [-0.1, -0.05) is 35.3 Å². The number of halogens is 2.